The molecule has 0 saturated heterocycles. The summed E-state index contributed by atoms with van der Waals surface area (Å²) in [5.74, 6) is 1.00. The van der Waals surface area contributed by atoms with Crippen LogP contribution >= 0.6 is 0 Å². The van der Waals surface area contributed by atoms with Gasteiger partial charge in [0.1, 0.15) is 5.75 Å². The zero-order chi connectivity index (χ0) is 11.5. The molecule has 0 aromatic heterocycles. The number of para-hydroxylation sites is 1. The lowest BCUT2D eigenvalue weighted by Crippen LogP contribution is -2.07. The van der Waals surface area contributed by atoms with E-state index in [4.69, 9.17) is 4.74 Å². The standard InChI is InChI=1S/C16H14O/c1-2-6-13(7-3-1)12-14-10-11-17-16-9-5-4-8-15(14)16/h1-9,12H,10-11H2/b14-12+. The van der Waals surface area contributed by atoms with E-state index < -0.39 is 0 Å². The average molecular weight is 222 g/mol. The van der Waals surface area contributed by atoms with E-state index in [1.807, 2.05) is 18.2 Å². The quantitative estimate of drug-likeness (QED) is 0.708. The van der Waals surface area contributed by atoms with Crippen molar-refractivity contribution in [1.82, 2.24) is 0 Å². The fourth-order valence-corrected chi connectivity index (χ4v) is 2.16. The van der Waals surface area contributed by atoms with E-state index in [-0.39, 0.29) is 0 Å². The van der Waals surface area contributed by atoms with Gasteiger partial charge in [-0.15, -0.1) is 0 Å². The van der Waals surface area contributed by atoms with Crippen molar-refractivity contribution in [3.05, 3.63) is 65.7 Å². The maximum absolute atomic E-state index is 5.65. The Morgan fingerprint density at radius 2 is 1.65 bits per heavy atom. The minimum atomic E-state index is 0.773. The normalized spacial score (nSPS) is 16.4. The molecule has 0 saturated carbocycles. The van der Waals surface area contributed by atoms with Crippen LogP contribution in [0.15, 0.2) is 54.6 Å². The fraction of sp³-hybridized carbons (Fsp3) is 0.125. The van der Waals surface area contributed by atoms with Gasteiger partial charge in [-0.1, -0.05) is 54.6 Å². The molecule has 1 heteroatoms. The van der Waals surface area contributed by atoms with Crippen molar-refractivity contribution in [2.75, 3.05) is 6.61 Å². The average Bonchev–Trinajstić information content (AvgIpc) is 2.40. The summed E-state index contributed by atoms with van der Waals surface area (Å²) < 4.78 is 5.65. The highest BCUT2D eigenvalue weighted by Gasteiger charge is 2.13. The lowest BCUT2D eigenvalue weighted by atomic mass is 9.97. The molecule has 2 aromatic rings. The molecular formula is C16H14O. The number of rotatable bonds is 1. The van der Waals surface area contributed by atoms with Crippen LogP contribution in [-0.2, 0) is 0 Å². The minimum Gasteiger partial charge on any atom is -0.493 e. The molecular weight excluding hydrogens is 208 g/mol. The highest BCUT2D eigenvalue weighted by atomic mass is 16.5. The van der Waals surface area contributed by atoms with Crippen LogP contribution in [0.25, 0.3) is 11.6 Å². The summed E-state index contributed by atoms with van der Waals surface area (Å²) >= 11 is 0. The van der Waals surface area contributed by atoms with Crippen molar-refractivity contribution in [3.8, 4) is 5.75 Å². The molecule has 0 radical (unpaired) electrons. The Morgan fingerprint density at radius 1 is 0.882 bits per heavy atom. The Labute approximate surface area is 101 Å². The van der Waals surface area contributed by atoms with Crippen LogP contribution in [0, 0.1) is 0 Å². The summed E-state index contributed by atoms with van der Waals surface area (Å²) in [5, 5.41) is 0. The first-order valence-electron chi connectivity index (χ1n) is 5.91. The van der Waals surface area contributed by atoms with Gasteiger partial charge in [0.15, 0.2) is 0 Å². The van der Waals surface area contributed by atoms with Crippen LogP contribution in [0.4, 0.5) is 0 Å². The van der Waals surface area contributed by atoms with Gasteiger partial charge in [-0.2, -0.15) is 0 Å². The maximum Gasteiger partial charge on any atom is 0.126 e. The molecule has 1 heterocycles. The van der Waals surface area contributed by atoms with Gasteiger partial charge in [-0.05, 0) is 17.2 Å². The van der Waals surface area contributed by atoms with Crippen molar-refractivity contribution in [3.63, 3.8) is 0 Å². The van der Waals surface area contributed by atoms with Gasteiger partial charge >= 0.3 is 0 Å². The Balaban J connectivity index is 2.03. The van der Waals surface area contributed by atoms with Crippen molar-refractivity contribution in [1.29, 1.82) is 0 Å². The van der Waals surface area contributed by atoms with E-state index in [1.165, 1.54) is 16.7 Å². The molecule has 17 heavy (non-hydrogen) atoms. The molecule has 0 N–H and O–H groups in total. The van der Waals surface area contributed by atoms with Crippen molar-refractivity contribution in [2.24, 2.45) is 0 Å². The van der Waals surface area contributed by atoms with E-state index in [0.29, 0.717) is 0 Å². The predicted octanol–water partition coefficient (Wildman–Crippen LogP) is 4.01. The molecule has 0 spiro atoms. The fourth-order valence-electron chi connectivity index (χ4n) is 2.16. The third-order valence-electron chi connectivity index (χ3n) is 3.00. The number of hydrogen-bond acceptors (Lipinski definition) is 1. The van der Waals surface area contributed by atoms with E-state index in [0.717, 1.165) is 18.8 Å². The summed E-state index contributed by atoms with van der Waals surface area (Å²) in [7, 11) is 0. The summed E-state index contributed by atoms with van der Waals surface area (Å²) in [6.45, 7) is 0.773. The van der Waals surface area contributed by atoms with Gasteiger partial charge in [0.25, 0.3) is 0 Å². The van der Waals surface area contributed by atoms with Crippen molar-refractivity contribution < 1.29 is 4.74 Å². The summed E-state index contributed by atoms with van der Waals surface area (Å²) in [6.07, 6.45) is 3.23. The van der Waals surface area contributed by atoms with E-state index in [2.05, 4.69) is 42.5 Å². The first kappa shape index (κ1) is 10.2. The Morgan fingerprint density at radius 3 is 2.53 bits per heavy atom. The van der Waals surface area contributed by atoms with Crippen LogP contribution < -0.4 is 4.74 Å². The molecule has 0 bridgehead atoms. The molecule has 1 aliphatic rings. The van der Waals surface area contributed by atoms with Gasteiger partial charge in [0.2, 0.25) is 0 Å². The number of fused-ring (bicyclic) bond motifs is 1. The topological polar surface area (TPSA) is 9.23 Å². The number of ether oxygens (including phenoxy) is 1. The summed E-state index contributed by atoms with van der Waals surface area (Å²) in [4.78, 5) is 0. The third-order valence-corrected chi connectivity index (χ3v) is 3.00. The molecule has 84 valence electrons. The molecule has 2 aromatic carbocycles. The van der Waals surface area contributed by atoms with Crippen molar-refractivity contribution in [2.45, 2.75) is 6.42 Å². The highest BCUT2D eigenvalue weighted by molar-refractivity contribution is 5.84. The molecule has 1 nitrogen and oxygen atoms in total. The molecule has 1 aliphatic heterocycles. The second kappa shape index (κ2) is 4.46. The van der Waals surface area contributed by atoms with Crippen molar-refractivity contribution >= 4 is 11.6 Å². The van der Waals surface area contributed by atoms with Gasteiger partial charge in [0, 0.05) is 12.0 Å². The van der Waals surface area contributed by atoms with Crippen LogP contribution in [0.5, 0.6) is 5.75 Å². The zero-order valence-corrected chi connectivity index (χ0v) is 9.60. The van der Waals surface area contributed by atoms with E-state index in [1.54, 1.807) is 0 Å². The van der Waals surface area contributed by atoms with Gasteiger partial charge in [-0.25, -0.2) is 0 Å². The van der Waals surface area contributed by atoms with Gasteiger partial charge in [0.05, 0.1) is 6.61 Å². The minimum absolute atomic E-state index is 0.773. The third kappa shape index (κ3) is 2.09. The van der Waals surface area contributed by atoms with Crippen LogP contribution in [0.3, 0.4) is 0 Å². The van der Waals surface area contributed by atoms with Gasteiger partial charge < -0.3 is 4.74 Å². The highest BCUT2D eigenvalue weighted by Crippen LogP contribution is 2.33. The largest absolute Gasteiger partial charge is 0.493 e. The van der Waals surface area contributed by atoms with Crippen LogP contribution in [0.2, 0.25) is 0 Å². The SMILES string of the molecule is C(=C1/CCOc2ccccc21)/c1ccccc1. The van der Waals surface area contributed by atoms with Gasteiger partial charge in [-0.3, -0.25) is 0 Å². The number of hydrogen-bond donors (Lipinski definition) is 0. The van der Waals surface area contributed by atoms with Crippen LogP contribution in [-0.4, -0.2) is 6.61 Å². The van der Waals surface area contributed by atoms with E-state index in [9.17, 15) is 0 Å². The smallest absolute Gasteiger partial charge is 0.126 e. The molecule has 0 unspecified atom stereocenters. The zero-order valence-electron chi connectivity index (χ0n) is 9.60. The number of benzene rings is 2. The molecule has 0 fully saturated rings. The van der Waals surface area contributed by atoms with E-state index >= 15 is 0 Å². The first-order chi connectivity index (χ1) is 8.43. The Kier molecular flexibility index (Phi) is 2.66. The second-order valence-corrected chi connectivity index (χ2v) is 4.17. The molecule has 0 atom stereocenters. The second-order valence-electron chi connectivity index (χ2n) is 4.17. The maximum atomic E-state index is 5.65. The lowest BCUT2D eigenvalue weighted by Gasteiger charge is -2.19. The molecule has 0 amide bonds. The summed E-state index contributed by atoms with van der Waals surface area (Å²) in [6, 6.07) is 18.7. The monoisotopic (exact) mass is 222 g/mol. The molecule has 0 aliphatic carbocycles. The molecule has 3 rings (SSSR count). The first-order valence-corrected chi connectivity index (χ1v) is 5.91. The van der Waals surface area contributed by atoms with Crippen LogP contribution in [0.1, 0.15) is 17.5 Å². The predicted molar refractivity (Wildman–Crippen MR) is 70.9 cm³/mol. The summed E-state index contributed by atoms with van der Waals surface area (Å²) in [5.41, 5.74) is 3.83. The Bertz CT molecular complexity index is 540. The lowest BCUT2D eigenvalue weighted by molar-refractivity contribution is 0.317. The Hall–Kier alpha value is -2.02.